The Bertz CT molecular complexity index is 211. The third-order valence-electron chi connectivity index (χ3n) is 1.61. The van der Waals surface area contributed by atoms with Gasteiger partial charge in [-0.3, -0.25) is 9.59 Å². The van der Waals surface area contributed by atoms with Crippen molar-refractivity contribution in [2.75, 3.05) is 13.7 Å². The lowest BCUT2D eigenvalue weighted by molar-refractivity contribution is -0.139. The fourth-order valence-corrected chi connectivity index (χ4v) is 1.26. The monoisotopic (exact) mass is 266 g/mol. The molecule has 2 unspecified atom stereocenters. The number of alkyl halides is 1. The van der Waals surface area contributed by atoms with Crippen molar-refractivity contribution >= 4 is 27.8 Å². The van der Waals surface area contributed by atoms with E-state index in [4.69, 9.17) is 5.73 Å². The van der Waals surface area contributed by atoms with E-state index < -0.39 is 4.83 Å². The Kier molecular flexibility index (Phi) is 6.48. The normalized spacial score (nSPS) is 14.5. The smallest absolute Gasteiger partial charge is 0.320 e. The first-order valence-electron chi connectivity index (χ1n) is 4.21. The van der Waals surface area contributed by atoms with Gasteiger partial charge < -0.3 is 15.8 Å². The number of esters is 1. The zero-order valence-electron chi connectivity index (χ0n) is 8.25. The van der Waals surface area contributed by atoms with Gasteiger partial charge in [-0.05, 0) is 6.92 Å². The standard InChI is InChI=1S/C8H15BrN2O3/c1-5(3-7(10)12)11-4-6(9)8(13)14-2/h5-6,11H,3-4H2,1-2H3,(H2,10,12). The summed E-state index contributed by atoms with van der Waals surface area (Å²) in [5.41, 5.74) is 5.00. The highest BCUT2D eigenvalue weighted by Gasteiger charge is 2.16. The Labute approximate surface area is 91.5 Å². The Morgan fingerprint density at radius 1 is 1.57 bits per heavy atom. The van der Waals surface area contributed by atoms with Crippen LogP contribution < -0.4 is 11.1 Å². The van der Waals surface area contributed by atoms with Crippen molar-refractivity contribution in [2.45, 2.75) is 24.2 Å². The number of ether oxygens (including phenoxy) is 1. The second kappa shape index (κ2) is 6.78. The molecule has 6 heteroatoms. The van der Waals surface area contributed by atoms with Crippen molar-refractivity contribution in [3.63, 3.8) is 0 Å². The van der Waals surface area contributed by atoms with Crippen molar-refractivity contribution in [2.24, 2.45) is 5.73 Å². The molecule has 0 heterocycles. The Morgan fingerprint density at radius 3 is 2.57 bits per heavy atom. The molecule has 0 rings (SSSR count). The fourth-order valence-electron chi connectivity index (χ4n) is 0.890. The van der Waals surface area contributed by atoms with Gasteiger partial charge in [0.1, 0.15) is 4.83 Å². The molecule has 82 valence electrons. The molecule has 0 aliphatic rings. The van der Waals surface area contributed by atoms with Crippen LogP contribution in [0.5, 0.6) is 0 Å². The van der Waals surface area contributed by atoms with Crippen molar-refractivity contribution in [1.82, 2.24) is 5.32 Å². The van der Waals surface area contributed by atoms with Crippen LogP contribution in [0.1, 0.15) is 13.3 Å². The van der Waals surface area contributed by atoms with Gasteiger partial charge in [0, 0.05) is 19.0 Å². The number of amides is 1. The number of halogens is 1. The molecule has 0 fully saturated rings. The summed E-state index contributed by atoms with van der Waals surface area (Å²) >= 11 is 3.14. The molecule has 0 spiro atoms. The highest BCUT2D eigenvalue weighted by molar-refractivity contribution is 9.10. The number of methoxy groups -OCH3 is 1. The quantitative estimate of drug-likeness (QED) is 0.515. The van der Waals surface area contributed by atoms with Gasteiger partial charge in [0.2, 0.25) is 5.91 Å². The SMILES string of the molecule is COC(=O)C(Br)CNC(C)CC(N)=O. The first-order chi connectivity index (χ1) is 6.47. The Hall–Kier alpha value is -0.620. The molecule has 0 aliphatic carbocycles. The van der Waals surface area contributed by atoms with Crippen molar-refractivity contribution in [3.05, 3.63) is 0 Å². The summed E-state index contributed by atoms with van der Waals surface area (Å²) in [6, 6.07) is -0.0443. The van der Waals surface area contributed by atoms with Crippen LogP contribution in [-0.4, -0.2) is 36.4 Å². The maximum absolute atomic E-state index is 10.9. The summed E-state index contributed by atoms with van der Waals surface area (Å²) < 4.78 is 4.51. The first kappa shape index (κ1) is 13.4. The predicted octanol–water partition coefficient (Wildman–Crippen LogP) is -0.224. The number of nitrogens with one attached hydrogen (secondary N) is 1. The summed E-state index contributed by atoms with van der Waals surface area (Å²) in [5.74, 6) is -0.710. The number of rotatable bonds is 6. The molecule has 0 saturated carbocycles. The maximum Gasteiger partial charge on any atom is 0.320 e. The molecule has 5 nitrogen and oxygen atoms in total. The third kappa shape index (κ3) is 5.93. The molecular weight excluding hydrogens is 252 g/mol. The van der Waals surface area contributed by atoms with E-state index in [0.29, 0.717) is 6.54 Å². The minimum absolute atomic E-state index is 0.0443. The van der Waals surface area contributed by atoms with Gasteiger partial charge in [0.05, 0.1) is 7.11 Å². The summed E-state index contributed by atoms with van der Waals surface area (Å²) in [4.78, 5) is 21.1. The summed E-state index contributed by atoms with van der Waals surface area (Å²) in [6.07, 6.45) is 0.251. The van der Waals surface area contributed by atoms with Crippen molar-refractivity contribution < 1.29 is 14.3 Å². The molecule has 1 amide bonds. The minimum atomic E-state index is -0.400. The van der Waals surface area contributed by atoms with E-state index in [1.807, 2.05) is 6.92 Å². The summed E-state index contributed by atoms with van der Waals surface area (Å²) in [7, 11) is 1.32. The second-order valence-corrected chi connectivity index (χ2v) is 4.08. The maximum atomic E-state index is 10.9. The van der Waals surface area contributed by atoms with Crippen LogP contribution in [-0.2, 0) is 14.3 Å². The molecule has 14 heavy (non-hydrogen) atoms. The zero-order chi connectivity index (χ0) is 11.1. The van der Waals surface area contributed by atoms with Crippen LogP contribution in [0, 0.1) is 0 Å². The van der Waals surface area contributed by atoms with Crippen LogP contribution in [0.2, 0.25) is 0 Å². The molecule has 0 aromatic heterocycles. The number of primary amides is 1. The third-order valence-corrected chi connectivity index (χ3v) is 2.31. The van der Waals surface area contributed by atoms with E-state index in [-0.39, 0.29) is 24.3 Å². The van der Waals surface area contributed by atoms with E-state index in [0.717, 1.165) is 0 Å². The molecule has 0 aliphatic heterocycles. The van der Waals surface area contributed by atoms with Gasteiger partial charge >= 0.3 is 5.97 Å². The molecule has 0 aromatic rings. The van der Waals surface area contributed by atoms with Crippen LogP contribution >= 0.6 is 15.9 Å². The largest absolute Gasteiger partial charge is 0.468 e. The van der Waals surface area contributed by atoms with Crippen molar-refractivity contribution in [3.8, 4) is 0 Å². The number of hydrogen-bond donors (Lipinski definition) is 2. The van der Waals surface area contributed by atoms with E-state index in [9.17, 15) is 9.59 Å². The molecule has 0 bridgehead atoms. The molecule has 2 atom stereocenters. The lowest BCUT2D eigenvalue weighted by Gasteiger charge is -2.13. The number of nitrogens with two attached hydrogens (primary N) is 1. The summed E-state index contributed by atoms with van der Waals surface area (Å²) in [5, 5.41) is 2.98. The van der Waals surface area contributed by atoms with E-state index in [2.05, 4.69) is 26.0 Å². The highest BCUT2D eigenvalue weighted by Crippen LogP contribution is 2.01. The topological polar surface area (TPSA) is 81.4 Å². The van der Waals surface area contributed by atoms with Crippen LogP contribution in [0.3, 0.4) is 0 Å². The minimum Gasteiger partial charge on any atom is -0.468 e. The lowest BCUT2D eigenvalue weighted by Crippen LogP contribution is -2.37. The van der Waals surface area contributed by atoms with Gasteiger partial charge in [0.15, 0.2) is 0 Å². The molecular formula is C8H15BrN2O3. The number of carbonyl (C=O) groups excluding carboxylic acids is 2. The van der Waals surface area contributed by atoms with Crippen LogP contribution in [0.15, 0.2) is 0 Å². The second-order valence-electron chi connectivity index (χ2n) is 2.97. The molecule has 0 aromatic carbocycles. The van der Waals surface area contributed by atoms with Crippen molar-refractivity contribution in [1.29, 1.82) is 0 Å². The van der Waals surface area contributed by atoms with E-state index in [1.165, 1.54) is 7.11 Å². The van der Waals surface area contributed by atoms with Crippen LogP contribution in [0.4, 0.5) is 0 Å². The number of hydrogen-bond acceptors (Lipinski definition) is 4. The van der Waals surface area contributed by atoms with Gasteiger partial charge in [-0.2, -0.15) is 0 Å². The van der Waals surface area contributed by atoms with Gasteiger partial charge in [-0.1, -0.05) is 15.9 Å². The van der Waals surface area contributed by atoms with Gasteiger partial charge in [0.25, 0.3) is 0 Å². The Morgan fingerprint density at radius 2 is 2.14 bits per heavy atom. The predicted molar refractivity (Wildman–Crippen MR) is 56.0 cm³/mol. The molecule has 0 radical (unpaired) electrons. The van der Waals surface area contributed by atoms with E-state index in [1.54, 1.807) is 0 Å². The Balaban J connectivity index is 3.71. The average molecular weight is 267 g/mol. The van der Waals surface area contributed by atoms with Crippen LogP contribution in [0.25, 0.3) is 0 Å². The van der Waals surface area contributed by atoms with Gasteiger partial charge in [-0.15, -0.1) is 0 Å². The molecule has 3 N–H and O–H groups in total. The van der Waals surface area contributed by atoms with E-state index >= 15 is 0 Å². The highest BCUT2D eigenvalue weighted by atomic mass is 79.9. The summed E-state index contributed by atoms with van der Waals surface area (Å²) in [6.45, 7) is 2.23. The number of carbonyl (C=O) groups is 2. The molecule has 0 saturated heterocycles. The van der Waals surface area contributed by atoms with Gasteiger partial charge in [-0.25, -0.2) is 0 Å². The first-order valence-corrected chi connectivity index (χ1v) is 5.12. The lowest BCUT2D eigenvalue weighted by atomic mass is 10.2. The fraction of sp³-hybridized carbons (Fsp3) is 0.750. The zero-order valence-corrected chi connectivity index (χ0v) is 9.83. The average Bonchev–Trinajstić information content (AvgIpc) is 2.11.